The summed E-state index contributed by atoms with van der Waals surface area (Å²) in [6.45, 7) is 2.04. The predicted molar refractivity (Wildman–Crippen MR) is 97.8 cm³/mol. The molecule has 0 fully saturated rings. The Labute approximate surface area is 153 Å². The van der Waals surface area contributed by atoms with Gasteiger partial charge in [0.15, 0.2) is 11.5 Å². The molecule has 0 saturated heterocycles. The number of halogens is 1. The molecule has 0 bridgehead atoms. The first-order valence-corrected chi connectivity index (χ1v) is 8.71. The number of amides is 1. The minimum Gasteiger partial charge on any atom is -0.490 e. The van der Waals surface area contributed by atoms with Crippen molar-refractivity contribution >= 4 is 27.5 Å². The van der Waals surface area contributed by atoms with E-state index in [0.29, 0.717) is 11.4 Å². The lowest BCUT2D eigenvalue weighted by Crippen LogP contribution is -2.11. The maximum absolute atomic E-state index is 12.3. The molecule has 5 nitrogen and oxygen atoms in total. The van der Waals surface area contributed by atoms with Gasteiger partial charge in [-0.05, 0) is 55.0 Å². The summed E-state index contributed by atoms with van der Waals surface area (Å²) in [6.07, 6.45) is 1.06. The fourth-order valence-corrected chi connectivity index (χ4v) is 3.09. The van der Waals surface area contributed by atoms with Crippen molar-refractivity contribution in [1.82, 2.24) is 5.16 Å². The van der Waals surface area contributed by atoms with Crippen molar-refractivity contribution in [2.75, 3.05) is 5.32 Å². The highest BCUT2D eigenvalue weighted by atomic mass is 79.9. The van der Waals surface area contributed by atoms with Gasteiger partial charge in [-0.3, -0.25) is 4.79 Å². The van der Waals surface area contributed by atoms with Gasteiger partial charge in [0.25, 0.3) is 5.91 Å². The summed E-state index contributed by atoms with van der Waals surface area (Å²) in [5, 5.41) is 6.68. The van der Waals surface area contributed by atoms with Crippen LogP contribution in [0.4, 0.5) is 5.69 Å². The van der Waals surface area contributed by atoms with Crippen molar-refractivity contribution in [3.05, 3.63) is 64.3 Å². The van der Waals surface area contributed by atoms with Gasteiger partial charge in [-0.15, -0.1) is 0 Å². The van der Waals surface area contributed by atoms with Crippen LogP contribution in [0.2, 0.25) is 0 Å². The Hall–Kier alpha value is -2.60. The van der Waals surface area contributed by atoms with Crippen LogP contribution in [0.15, 0.2) is 57.5 Å². The SMILES string of the molecule is C[C@H]1Cc2cc(-c3cc(C(=O)Nc4ccc(Br)cc4)no3)ccc2O1. The Kier molecular flexibility index (Phi) is 4.05. The highest BCUT2D eigenvalue weighted by molar-refractivity contribution is 9.10. The first kappa shape index (κ1) is 15.9. The van der Waals surface area contributed by atoms with Gasteiger partial charge >= 0.3 is 0 Å². The Morgan fingerprint density at radius 2 is 2.00 bits per heavy atom. The minimum atomic E-state index is -0.310. The lowest BCUT2D eigenvalue weighted by atomic mass is 10.1. The number of fused-ring (bicyclic) bond motifs is 1. The number of carbonyl (C=O) groups is 1. The molecule has 4 rings (SSSR count). The van der Waals surface area contributed by atoms with Gasteiger partial charge in [-0.2, -0.15) is 0 Å². The van der Waals surface area contributed by atoms with E-state index in [4.69, 9.17) is 9.26 Å². The van der Waals surface area contributed by atoms with Crippen LogP contribution >= 0.6 is 15.9 Å². The molecule has 0 unspecified atom stereocenters. The minimum absolute atomic E-state index is 0.187. The van der Waals surface area contributed by atoms with E-state index in [0.717, 1.165) is 27.8 Å². The number of carbonyl (C=O) groups excluding carboxylic acids is 1. The second-order valence-electron chi connectivity index (χ2n) is 5.99. The Balaban J connectivity index is 1.53. The third-order valence-corrected chi connectivity index (χ3v) is 4.55. The number of benzene rings is 2. The Morgan fingerprint density at radius 1 is 1.20 bits per heavy atom. The number of nitrogens with one attached hydrogen (secondary N) is 1. The molecule has 1 amide bonds. The first-order chi connectivity index (χ1) is 12.1. The number of hydrogen-bond acceptors (Lipinski definition) is 4. The van der Waals surface area contributed by atoms with Crippen molar-refractivity contribution in [3.63, 3.8) is 0 Å². The molecule has 126 valence electrons. The van der Waals surface area contributed by atoms with Crippen molar-refractivity contribution in [2.24, 2.45) is 0 Å². The van der Waals surface area contributed by atoms with E-state index >= 15 is 0 Å². The molecule has 0 aliphatic carbocycles. The number of ether oxygens (including phenoxy) is 1. The molecule has 2 aromatic carbocycles. The third kappa shape index (κ3) is 3.30. The van der Waals surface area contributed by atoms with Gasteiger partial charge in [0, 0.05) is 28.2 Å². The zero-order valence-electron chi connectivity index (χ0n) is 13.5. The van der Waals surface area contributed by atoms with Crippen molar-refractivity contribution in [2.45, 2.75) is 19.4 Å². The van der Waals surface area contributed by atoms with E-state index in [2.05, 4.69) is 26.4 Å². The van der Waals surface area contributed by atoms with E-state index in [1.807, 2.05) is 49.4 Å². The van der Waals surface area contributed by atoms with Crippen LogP contribution in [0.1, 0.15) is 23.0 Å². The van der Waals surface area contributed by atoms with Gasteiger partial charge in [-0.1, -0.05) is 21.1 Å². The van der Waals surface area contributed by atoms with Crippen LogP contribution < -0.4 is 10.1 Å². The van der Waals surface area contributed by atoms with Crippen LogP contribution in [-0.2, 0) is 6.42 Å². The fraction of sp³-hybridized carbons (Fsp3) is 0.158. The van der Waals surface area contributed by atoms with Crippen LogP contribution in [0.3, 0.4) is 0 Å². The number of rotatable bonds is 3. The van der Waals surface area contributed by atoms with Gasteiger partial charge < -0.3 is 14.6 Å². The van der Waals surface area contributed by atoms with Crippen LogP contribution in [0.25, 0.3) is 11.3 Å². The number of nitrogens with zero attached hydrogens (tertiary/aromatic N) is 1. The smallest absolute Gasteiger partial charge is 0.277 e. The summed E-state index contributed by atoms with van der Waals surface area (Å²) >= 11 is 3.36. The molecule has 3 aromatic rings. The molecule has 1 N–H and O–H groups in total. The van der Waals surface area contributed by atoms with E-state index < -0.39 is 0 Å². The Morgan fingerprint density at radius 3 is 2.80 bits per heavy atom. The van der Waals surface area contributed by atoms with Crippen molar-refractivity contribution in [1.29, 1.82) is 0 Å². The quantitative estimate of drug-likeness (QED) is 0.695. The highest BCUT2D eigenvalue weighted by Crippen LogP contribution is 2.33. The summed E-state index contributed by atoms with van der Waals surface area (Å²) in [5.41, 5.74) is 2.96. The topological polar surface area (TPSA) is 64.4 Å². The Bertz CT molecular complexity index is 934. The van der Waals surface area contributed by atoms with E-state index in [9.17, 15) is 4.79 Å². The molecule has 0 spiro atoms. The van der Waals surface area contributed by atoms with Gasteiger partial charge in [0.2, 0.25) is 0 Å². The van der Waals surface area contributed by atoms with Gasteiger partial charge in [0.1, 0.15) is 11.9 Å². The zero-order chi connectivity index (χ0) is 17.4. The highest BCUT2D eigenvalue weighted by Gasteiger charge is 2.21. The van der Waals surface area contributed by atoms with Crippen molar-refractivity contribution in [3.8, 4) is 17.1 Å². The molecule has 1 atom stereocenters. The second kappa shape index (κ2) is 6.37. The van der Waals surface area contributed by atoms with Gasteiger partial charge in [-0.25, -0.2) is 0 Å². The number of hydrogen-bond donors (Lipinski definition) is 1. The predicted octanol–water partition coefficient (Wildman–Crippen LogP) is 4.68. The molecule has 1 aliphatic heterocycles. The maximum Gasteiger partial charge on any atom is 0.277 e. The van der Waals surface area contributed by atoms with Crippen LogP contribution in [-0.4, -0.2) is 17.2 Å². The second-order valence-corrected chi connectivity index (χ2v) is 6.91. The summed E-state index contributed by atoms with van der Waals surface area (Å²) in [5.74, 6) is 1.16. The molecular formula is C19H15BrN2O3. The third-order valence-electron chi connectivity index (χ3n) is 4.03. The van der Waals surface area contributed by atoms with Crippen LogP contribution in [0, 0.1) is 0 Å². The lowest BCUT2D eigenvalue weighted by molar-refractivity contribution is 0.101. The molecule has 1 aliphatic rings. The maximum atomic E-state index is 12.3. The summed E-state index contributed by atoms with van der Waals surface area (Å²) in [4.78, 5) is 12.3. The number of aromatic nitrogens is 1. The normalized spacial score (nSPS) is 15.5. The zero-order valence-corrected chi connectivity index (χ0v) is 15.0. The molecule has 0 radical (unpaired) electrons. The summed E-state index contributed by atoms with van der Waals surface area (Å²) in [7, 11) is 0. The lowest BCUT2D eigenvalue weighted by Gasteiger charge is -2.02. The monoisotopic (exact) mass is 398 g/mol. The van der Waals surface area contributed by atoms with Crippen LogP contribution in [0.5, 0.6) is 5.75 Å². The molecule has 0 saturated carbocycles. The fourth-order valence-electron chi connectivity index (χ4n) is 2.82. The average Bonchev–Trinajstić information content (AvgIpc) is 3.22. The molecule has 6 heteroatoms. The molecule has 25 heavy (non-hydrogen) atoms. The van der Waals surface area contributed by atoms with E-state index in [1.54, 1.807) is 6.07 Å². The molecule has 1 aromatic heterocycles. The van der Waals surface area contributed by atoms with E-state index in [1.165, 1.54) is 0 Å². The standard InChI is InChI=1S/C19H15BrN2O3/c1-11-8-13-9-12(2-7-17(13)24-11)18-10-16(22-25-18)19(23)21-15-5-3-14(20)4-6-15/h2-7,9-11H,8H2,1H3,(H,21,23)/t11-/m0/s1. The number of anilines is 1. The first-order valence-electron chi connectivity index (χ1n) is 7.92. The van der Waals surface area contributed by atoms with E-state index in [-0.39, 0.29) is 17.7 Å². The molecular weight excluding hydrogens is 384 g/mol. The van der Waals surface area contributed by atoms with Gasteiger partial charge in [0.05, 0.1) is 0 Å². The average molecular weight is 399 g/mol. The van der Waals surface area contributed by atoms with Crippen molar-refractivity contribution < 1.29 is 14.1 Å². The largest absolute Gasteiger partial charge is 0.490 e. The summed E-state index contributed by atoms with van der Waals surface area (Å²) < 4.78 is 12.0. The summed E-state index contributed by atoms with van der Waals surface area (Å²) in [6, 6.07) is 14.8. The molecule has 2 heterocycles.